The van der Waals surface area contributed by atoms with Gasteiger partial charge in [-0.05, 0) is 37.5 Å². The van der Waals surface area contributed by atoms with E-state index in [2.05, 4.69) is 10.6 Å². The molecule has 2 N–H and O–H groups in total. The van der Waals surface area contributed by atoms with E-state index < -0.39 is 11.9 Å². The van der Waals surface area contributed by atoms with Gasteiger partial charge in [-0.3, -0.25) is 9.59 Å². The van der Waals surface area contributed by atoms with Crippen LogP contribution in [0.1, 0.15) is 35.7 Å². The molecule has 1 unspecified atom stereocenters. The van der Waals surface area contributed by atoms with Crippen LogP contribution in [0.25, 0.3) is 0 Å². The molecular formula is C22H25ClN2O4. The van der Waals surface area contributed by atoms with Crippen molar-refractivity contribution < 1.29 is 19.1 Å². The summed E-state index contributed by atoms with van der Waals surface area (Å²) in [6, 6.07) is 12.2. The van der Waals surface area contributed by atoms with E-state index in [1.807, 2.05) is 37.3 Å². The molecule has 0 aromatic heterocycles. The Morgan fingerprint density at radius 2 is 1.93 bits per heavy atom. The van der Waals surface area contributed by atoms with Gasteiger partial charge in [-0.2, -0.15) is 0 Å². The highest BCUT2D eigenvalue weighted by molar-refractivity contribution is 6.32. The summed E-state index contributed by atoms with van der Waals surface area (Å²) in [6.07, 6.45) is 2.35. The normalized spacial score (nSPS) is 14.0. The van der Waals surface area contributed by atoms with Crippen LogP contribution in [0.2, 0.25) is 5.02 Å². The minimum atomic E-state index is -0.693. The highest BCUT2D eigenvalue weighted by Crippen LogP contribution is 2.36. The zero-order valence-corrected chi connectivity index (χ0v) is 17.3. The number of nitrogens with one attached hydrogen (secondary N) is 2. The maximum absolute atomic E-state index is 12.9. The Balaban J connectivity index is 1.79. The number of benzene rings is 2. The van der Waals surface area contributed by atoms with Crippen LogP contribution in [-0.2, 0) is 11.2 Å². The second kappa shape index (κ2) is 9.65. The SMILES string of the molecule is CCOc1c(Cl)cc(C(=O)NC(Cc2ccccc2)C(=O)NC2CC2)cc1OC. The lowest BCUT2D eigenvalue weighted by atomic mass is 10.0. The lowest BCUT2D eigenvalue weighted by molar-refractivity contribution is -0.123. The van der Waals surface area contributed by atoms with E-state index in [1.165, 1.54) is 13.2 Å². The molecule has 7 heteroatoms. The van der Waals surface area contributed by atoms with Crippen molar-refractivity contribution in [3.05, 3.63) is 58.6 Å². The van der Waals surface area contributed by atoms with Gasteiger partial charge in [0.1, 0.15) is 6.04 Å². The third-order valence-corrected chi connectivity index (χ3v) is 4.89. The van der Waals surface area contributed by atoms with E-state index in [0.29, 0.717) is 30.1 Å². The van der Waals surface area contributed by atoms with Crippen molar-refractivity contribution >= 4 is 23.4 Å². The number of methoxy groups -OCH3 is 1. The lowest BCUT2D eigenvalue weighted by Crippen LogP contribution is -2.48. The van der Waals surface area contributed by atoms with E-state index in [9.17, 15) is 9.59 Å². The Bertz CT molecular complexity index is 869. The summed E-state index contributed by atoms with van der Waals surface area (Å²) in [4.78, 5) is 25.6. The first kappa shape index (κ1) is 21.0. The van der Waals surface area contributed by atoms with Gasteiger partial charge in [0.05, 0.1) is 18.7 Å². The van der Waals surface area contributed by atoms with Crippen LogP contribution in [-0.4, -0.2) is 37.6 Å². The fraction of sp³-hybridized carbons (Fsp3) is 0.364. The summed E-state index contributed by atoms with van der Waals surface area (Å²) < 4.78 is 10.8. The zero-order valence-electron chi connectivity index (χ0n) is 16.5. The van der Waals surface area contributed by atoms with Gasteiger partial charge < -0.3 is 20.1 Å². The Hall–Kier alpha value is -2.73. The molecule has 2 aromatic carbocycles. The molecule has 0 heterocycles. The third kappa shape index (κ3) is 5.64. The maximum atomic E-state index is 12.9. The van der Waals surface area contributed by atoms with Crippen LogP contribution in [0, 0.1) is 0 Å². The third-order valence-electron chi connectivity index (χ3n) is 4.61. The molecule has 0 spiro atoms. The second-order valence-corrected chi connectivity index (χ2v) is 7.33. The smallest absolute Gasteiger partial charge is 0.252 e. The number of hydrogen-bond acceptors (Lipinski definition) is 4. The minimum absolute atomic E-state index is 0.186. The van der Waals surface area contributed by atoms with E-state index in [1.54, 1.807) is 6.07 Å². The Morgan fingerprint density at radius 1 is 1.21 bits per heavy atom. The number of ether oxygens (including phenoxy) is 2. The summed E-state index contributed by atoms with van der Waals surface area (Å²) in [5.74, 6) is 0.167. The van der Waals surface area contributed by atoms with Crippen molar-refractivity contribution in [2.75, 3.05) is 13.7 Å². The van der Waals surface area contributed by atoms with Gasteiger partial charge in [-0.25, -0.2) is 0 Å². The Labute approximate surface area is 175 Å². The Morgan fingerprint density at radius 3 is 2.55 bits per heavy atom. The van der Waals surface area contributed by atoms with Crippen LogP contribution in [0.3, 0.4) is 0 Å². The van der Waals surface area contributed by atoms with Crippen LogP contribution < -0.4 is 20.1 Å². The number of carbonyl (C=O) groups excluding carboxylic acids is 2. The fourth-order valence-electron chi connectivity index (χ4n) is 2.97. The second-order valence-electron chi connectivity index (χ2n) is 6.92. The molecule has 0 aliphatic heterocycles. The van der Waals surface area contributed by atoms with Gasteiger partial charge in [-0.1, -0.05) is 41.9 Å². The number of carbonyl (C=O) groups is 2. The van der Waals surface area contributed by atoms with E-state index in [0.717, 1.165) is 18.4 Å². The predicted octanol–water partition coefficient (Wildman–Crippen LogP) is 3.37. The molecule has 1 aliphatic carbocycles. The monoisotopic (exact) mass is 416 g/mol. The average molecular weight is 417 g/mol. The number of hydrogen-bond donors (Lipinski definition) is 2. The molecule has 6 nitrogen and oxygen atoms in total. The van der Waals surface area contributed by atoms with Gasteiger partial charge in [0.25, 0.3) is 5.91 Å². The van der Waals surface area contributed by atoms with Crippen molar-refractivity contribution in [2.45, 2.75) is 38.3 Å². The molecule has 29 heavy (non-hydrogen) atoms. The van der Waals surface area contributed by atoms with Gasteiger partial charge in [0, 0.05) is 18.0 Å². The molecular weight excluding hydrogens is 392 g/mol. The number of rotatable bonds is 9. The molecule has 2 aromatic rings. The van der Waals surface area contributed by atoms with Crippen molar-refractivity contribution in [2.24, 2.45) is 0 Å². The summed E-state index contributed by atoms with van der Waals surface area (Å²) >= 11 is 6.28. The standard InChI is InChI=1S/C22H25ClN2O4/c1-3-29-20-17(23)12-15(13-19(20)28-2)21(26)25-18(22(27)24-16-9-10-16)11-14-7-5-4-6-8-14/h4-8,12-13,16,18H,3,9-11H2,1-2H3,(H,24,27)(H,25,26). The van der Waals surface area contributed by atoms with E-state index >= 15 is 0 Å². The first-order chi connectivity index (χ1) is 14.0. The van der Waals surface area contributed by atoms with Gasteiger partial charge >= 0.3 is 0 Å². The molecule has 0 saturated heterocycles. The van der Waals surface area contributed by atoms with Crippen molar-refractivity contribution in [1.29, 1.82) is 0 Å². The van der Waals surface area contributed by atoms with E-state index in [-0.39, 0.29) is 17.0 Å². The van der Waals surface area contributed by atoms with Crippen LogP contribution in [0.4, 0.5) is 0 Å². The predicted molar refractivity (Wildman–Crippen MR) is 112 cm³/mol. The molecule has 1 fully saturated rings. The summed E-state index contributed by atoms with van der Waals surface area (Å²) in [7, 11) is 1.48. The first-order valence-corrected chi connectivity index (χ1v) is 10.0. The number of halogens is 1. The molecule has 1 saturated carbocycles. The fourth-order valence-corrected chi connectivity index (χ4v) is 3.23. The quantitative estimate of drug-likeness (QED) is 0.657. The van der Waals surface area contributed by atoms with Crippen LogP contribution in [0.15, 0.2) is 42.5 Å². The largest absolute Gasteiger partial charge is 0.493 e. The summed E-state index contributed by atoms with van der Waals surface area (Å²) in [5, 5.41) is 6.08. The number of amides is 2. The van der Waals surface area contributed by atoms with Gasteiger partial charge in [0.2, 0.25) is 5.91 Å². The average Bonchev–Trinajstić information content (AvgIpc) is 3.53. The molecule has 3 rings (SSSR count). The van der Waals surface area contributed by atoms with E-state index in [4.69, 9.17) is 21.1 Å². The first-order valence-electron chi connectivity index (χ1n) is 9.67. The topological polar surface area (TPSA) is 76.7 Å². The lowest BCUT2D eigenvalue weighted by Gasteiger charge is -2.19. The summed E-state index contributed by atoms with van der Waals surface area (Å²) in [6.45, 7) is 2.26. The molecule has 1 aliphatic rings. The van der Waals surface area contributed by atoms with Crippen molar-refractivity contribution in [3.8, 4) is 11.5 Å². The molecule has 2 amide bonds. The highest BCUT2D eigenvalue weighted by atomic mass is 35.5. The van der Waals surface area contributed by atoms with Crippen LogP contribution in [0.5, 0.6) is 11.5 Å². The highest BCUT2D eigenvalue weighted by Gasteiger charge is 2.29. The summed E-state index contributed by atoms with van der Waals surface area (Å²) in [5.41, 5.74) is 1.26. The molecule has 1 atom stereocenters. The molecule has 0 radical (unpaired) electrons. The Kier molecular flexibility index (Phi) is 6.99. The van der Waals surface area contributed by atoms with Gasteiger partial charge in [-0.15, -0.1) is 0 Å². The minimum Gasteiger partial charge on any atom is -0.493 e. The van der Waals surface area contributed by atoms with Crippen molar-refractivity contribution in [1.82, 2.24) is 10.6 Å². The maximum Gasteiger partial charge on any atom is 0.252 e. The molecule has 0 bridgehead atoms. The molecule has 154 valence electrons. The van der Waals surface area contributed by atoms with Crippen molar-refractivity contribution in [3.63, 3.8) is 0 Å². The van der Waals surface area contributed by atoms with Gasteiger partial charge in [0.15, 0.2) is 11.5 Å². The van der Waals surface area contributed by atoms with Crippen LogP contribution >= 0.6 is 11.6 Å². The zero-order chi connectivity index (χ0) is 20.8.